The first-order valence-electron chi connectivity index (χ1n) is 7.43. The summed E-state index contributed by atoms with van der Waals surface area (Å²) in [7, 11) is 0. The molecule has 0 bridgehead atoms. The predicted octanol–water partition coefficient (Wildman–Crippen LogP) is 4.45. The fourth-order valence-electron chi connectivity index (χ4n) is 2.43. The lowest BCUT2D eigenvalue weighted by atomic mass is 10.1. The summed E-state index contributed by atoms with van der Waals surface area (Å²) in [6.45, 7) is 4.12. The number of rotatable bonds is 5. The third-order valence-electron chi connectivity index (χ3n) is 3.60. The molecule has 0 amide bonds. The van der Waals surface area contributed by atoms with Crippen LogP contribution in [0.15, 0.2) is 53.1 Å². The smallest absolute Gasteiger partial charge is 0.310 e. The molecule has 24 heavy (non-hydrogen) atoms. The minimum atomic E-state index is -0.473. The summed E-state index contributed by atoms with van der Waals surface area (Å²) < 4.78 is 11.0. The van der Waals surface area contributed by atoms with E-state index in [1.807, 2.05) is 26.0 Å². The molecule has 0 saturated carbocycles. The van der Waals surface area contributed by atoms with Crippen LogP contribution in [0.1, 0.15) is 16.8 Å². The molecule has 0 N–H and O–H groups in total. The fourth-order valence-corrected chi connectivity index (χ4v) is 2.43. The number of ether oxygens (including phenoxy) is 1. The Labute approximate surface area is 138 Å². The Kier molecular flexibility index (Phi) is 4.29. The van der Waals surface area contributed by atoms with Crippen molar-refractivity contribution in [1.29, 1.82) is 0 Å². The number of hydrogen-bond donors (Lipinski definition) is 0. The van der Waals surface area contributed by atoms with Crippen LogP contribution in [0, 0.1) is 24.0 Å². The average molecular weight is 324 g/mol. The summed E-state index contributed by atoms with van der Waals surface area (Å²) in [5.41, 5.74) is 3.65. The van der Waals surface area contributed by atoms with Crippen molar-refractivity contribution in [3.8, 4) is 17.2 Å². The van der Waals surface area contributed by atoms with Gasteiger partial charge in [0.2, 0.25) is 5.89 Å². The van der Waals surface area contributed by atoms with Crippen molar-refractivity contribution in [2.75, 3.05) is 0 Å². The van der Waals surface area contributed by atoms with Gasteiger partial charge in [-0.2, -0.15) is 0 Å². The van der Waals surface area contributed by atoms with Gasteiger partial charge in [0.25, 0.3) is 0 Å². The molecule has 0 atom stereocenters. The van der Waals surface area contributed by atoms with Gasteiger partial charge in [-0.05, 0) is 31.5 Å². The Bertz CT molecular complexity index is 886. The van der Waals surface area contributed by atoms with Crippen molar-refractivity contribution in [1.82, 2.24) is 4.98 Å². The molecular formula is C18H16N2O4. The molecule has 0 fully saturated rings. The highest BCUT2D eigenvalue weighted by Crippen LogP contribution is 2.27. The molecule has 122 valence electrons. The van der Waals surface area contributed by atoms with E-state index < -0.39 is 4.92 Å². The lowest BCUT2D eigenvalue weighted by Crippen LogP contribution is -1.99. The van der Waals surface area contributed by atoms with E-state index in [1.54, 1.807) is 18.2 Å². The Morgan fingerprint density at radius 3 is 2.75 bits per heavy atom. The lowest BCUT2D eigenvalue weighted by Gasteiger charge is -2.04. The molecule has 1 aromatic heterocycles. The summed E-state index contributed by atoms with van der Waals surface area (Å²) in [5, 5.41) is 11.0. The van der Waals surface area contributed by atoms with E-state index in [1.165, 1.54) is 17.9 Å². The number of nitro benzene ring substituents is 1. The molecule has 0 spiro atoms. The van der Waals surface area contributed by atoms with Crippen LogP contribution in [-0.2, 0) is 6.61 Å². The number of para-hydroxylation sites is 2. The normalized spacial score (nSPS) is 10.6. The van der Waals surface area contributed by atoms with Gasteiger partial charge in [-0.15, -0.1) is 0 Å². The summed E-state index contributed by atoms with van der Waals surface area (Å²) in [6.07, 6.45) is 1.50. The van der Waals surface area contributed by atoms with Crippen LogP contribution in [0.5, 0.6) is 5.75 Å². The maximum absolute atomic E-state index is 11.0. The number of aromatic nitrogens is 1. The molecule has 0 aliphatic rings. The molecule has 3 aromatic rings. The zero-order valence-electron chi connectivity index (χ0n) is 13.4. The molecule has 2 aromatic carbocycles. The van der Waals surface area contributed by atoms with Crippen LogP contribution >= 0.6 is 0 Å². The van der Waals surface area contributed by atoms with Gasteiger partial charge < -0.3 is 9.15 Å². The fraction of sp³-hybridized carbons (Fsp3) is 0.167. The van der Waals surface area contributed by atoms with E-state index in [-0.39, 0.29) is 18.0 Å². The van der Waals surface area contributed by atoms with Crippen molar-refractivity contribution < 1.29 is 14.1 Å². The van der Waals surface area contributed by atoms with Crippen LogP contribution < -0.4 is 4.74 Å². The van der Waals surface area contributed by atoms with Gasteiger partial charge >= 0.3 is 5.69 Å². The first kappa shape index (κ1) is 15.7. The third kappa shape index (κ3) is 3.27. The van der Waals surface area contributed by atoms with Gasteiger partial charge in [0, 0.05) is 11.6 Å². The molecule has 6 heteroatoms. The molecule has 0 aliphatic carbocycles. The number of aryl methyl sites for hydroxylation is 2. The number of oxazole rings is 1. The van der Waals surface area contributed by atoms with Crippen molar-refractivity contribution in [2.24, 2.45) is 0 Å². The van der Waals surface area contributed by atoms with Crippen molar-refractivity contribution >= 4 is 5.69 Å². The first-order chi connectivity index (χ1) is 11.5. The Hall–Kier alpha value is -3.15. The van der Waals surface area contributed by atoms with Crippen molar-refractivity contribution in [3.05, 3.63) is 75.7 Å². The minimum absolute atomic E-state index is 0.0735. The molecule has 0 aliphatic heterocycles. The Morgan fingerprint density at radius 1 is 1.21 bits per heavy atom. The number of hydrogen-bond acceptors (Lipinski definition) is 5. The number of nitrogens with zero attached hydrogens (tertiary/aromatic N) is 2. The van der Waals surface area contributed by atoms with E-state index >= 15 is 0 Å². The van der Waals surface area contributed by atoms with E-state index in [0.717, 1.165) is 11.1 Å². The maximum Gasteiger partial charge on any atom is 0.310 e. The molecule has 0 saturated heterocycles. The van der Waals surface area contributed by atoms with Gasteiger partial charge in [-0.3, -0.25) is 10.1 Å². The second-order valence-corrected chi connectivity index (χ2v) is 5.48. The average Bonchev–Trinajstić information content (AvgIpc) is 3.01. The summed E-state index contributed by atoms with van der Waals surface area (Å²) in [6, 6.07) is 12.3. The monoisotopic (exact) mass is 324 g/mol. The molecular weight excluding hydrogens is 308 g/mol. The van der Waals surface area contributed by atoms with E-state index in [0.29, 0.717) is 11.6 Å². The van der Waals surface area contributed by atoms with Crippen molar-refractivity contribution in [2.45, 2.75) is 20.5 Å². The Balaban J connectivity index is 1.77. The Morgan fingerprint density at radius 2 is 2.00 bits per heavy atom. The molecule has 6 nitrogen and oxygen atoms in total. The standard InChI is InChI=1S/C18H16N2O4/c1-12-7-8-15(13(2)9-12)18-19-14(11-24-18)10-23-17-6-4-3-5-16(17)20(21)22/h3-9,11H,10H2,1-2H3. The predicted molar refractivity (Wildman–Crippen MR) is 88.8 cm³/mol. The molecule has 0 radical (unpaired) electrons. The summed E-state index contributed by atoms with van der Waals surface area (Å²) in [5.74, 6) is 0.715. The second-order valence-electron chi connectivity index (χ2n) is 5.48. The number of nitro groups is 1. The van der Waals surface area contributed by atoms with Crippen LogP contribution in [0.4, 0.5) is 5.69 Å². The van der Waals surface area contributed by atoms with Gasteiger partial charge in [-0.1, -0.05) is 29.8 Å². The zero-order chi connectivity index (χ0) is 17.1. The summed E-state index contributed by atoms with van der Waals surface area (Å²) >= 11 is 0. The van der Waals surface area contributed by atoms with Crippen LogP contribution in [-0.4, -0.2) is 9.91 Å². The van der Waals surface area contributed by atoms with Crippen LogP contribution in [0.3, 0.4) is 0 Å². The van der Waals surface area contributed by atoms with Gasteiger partial charge in [0.05, 0.1) is 4.92 Å². The molecule has 1 heterocycles. The maximum atomic E-state index is 11.0. The SMILES string of the molecule is Cc1ccc(-c2nc(COc3ccccc3[N+](=O)[O-])co2)c(C)c1. The highest BCUT2D eigenvalue weighted by molar-refractivity contribution is 5.59. The topological polar surface area (TPSA) is 78.4 Å². The van der Waals surface area contributed by atoms with E-state index in [9.17, 15) is 10.1 Å². The first-order valence-corrected chi connectivity index (χ1v) is 7.43. The van der Waals surface area contributed by atoms with Crippen LogP contribution in [0.2, 0.25) is 0 Å². The van der Waals surface area contributed by atoms with Gasteiger partial charge in [-0.25, -0.2) is 4.98 Å². The zero-order valence-corrected chi connectivity index (χ0v) is 13.4. The highest BCUT2D eigenvalue weighted by Gasteiger charge is 2.15. The largest absolute Gasteiger partial charge is 0.480 e. The van der Waals surface area contributed by atoms with Gasteiger partial charge in [0.1, 0.15) is 18.6 Å². The molecule has 3 rings (SSSR count). The van der Waals surface area contributed by atoms with E-state index in [4.69, 9.17) is 9.15 Å². The highest BCUT2D eigenvalue weighted by atomic mass is 16.6. The lowest BCUT2D eigenvalue weighted by molar-refractivity contribution is -0.385. The van der Waals surface area contributed by atoms with E-state index in [2.05, 4.69) is 11.1 Å². The second kappa shape index (κ2) is 6.54. The van der Waals surface area contributed by atoms with Crippen LogP contribution in [0.25, 0.3) is 11.5 Å². The molecule has 0 unspecified atom stereocenters. The number of benzene rings is 2. The summed E-state index contributed by atoms with van der Waals surface area (Å²) in [4.78, 5) is 14.9. The minimum Gasteiger partial charge on any atom is -0.480 e. The van der Waals surface area contributed by atoms with Gasteiger partial charge in [0.15, 0.2) is 5.75 Å². The third-order valence-corrected chi connectivity index (χ3v) is 3.60. The van der Waals surface area contributed by atoms with Crippen molar-refractivity contribution in [3.63, 3.8) is 0 Å². The quantitative estimate of drug-likeness (QED) is 0.512.